The van der Waals surface area contributed by atoms with Crippen LogP contribution >= 0.6 is 0 Å². The molecular weight excluding hydrogens is 507 g/mol. The maximum atomic E-state index is 12.8. The molecule has 0 atom stereocenters. The van der Waals surface area contributed by atoms with Crippen LogP contribution in [0, 0.1) is 6.92 Å². The molecule has 0 unspecified atom stereocenters. The second-order valence-corrected chi connectivity index (χ2v) is 7.99. The summed E-state index contributed by atoms with van der Waals surface area (Å²) in [4.78, 5) is 15.3. The Morgan fingerprint density at radius 3 is 2.34 bits per heavy atom. The quantitative estimate of drug-likeness (QED) is 0.257. The Balaban J connectivity index is 1.62. The van der Waals surface area contributed by atoms with E-state index in [0.29, 0.717) is 39.6 Å². The van der Waals surface area contributed by atoms with Crippen molar-refractivity contribution in [1.29, 1.82) is 0 Å². The van der Waals surface area contributed by atoms with Crippen molar-refractivity contribution in [2.45, 2.75) is 19.9 Å². The Morgan fingerprint density at radius 1 is 0.947 bits per heavy atom. The van der Waals surface area contributed by atoms with Crippen LogP contribution < -0.4 is 18.9 Å². The number of carboxylic acid groups (broad SMARTS) is 1. The molecule has 0 radical (unpaired) electrons. The maximum absolute atomic E-state index is 12.8. The van der Waals surface area contributed by atoms with Crippen LogP contribution in [0.5, 0.6) is 23.0 Å². The molecule has 0 aliphatic rings. The highest BCUT2D eigenvalue weighted by Gasteiger charge is 2.31. The van der Waals surface area contributed by atoms with Crippen LogP contribution in [0.1, 0.15) is 11.5 Å². The Morgan fingerprint density at radius 2 is 1.68 bits per heavy atom. The van der Waals surface area contributed by atoms with Crippen LogP contribution in [0.4, 0.5) is 13.2 Å². The number of nitrogens with zero attached hydrogens (tertiary/aromatic N) is 1. The van der Waals surface area contributed by atoms with Crippen LogP contribution in [-0.4, -0.2) is 36.1 Å². The fourth-order valence-electron chi connectivity index (χ4n) is 3.56. The zero-order chi connectivity index (χ0) is 27.3. The van der Waals surface area contributed by atoms with E-state index in [2.05, 4.69) is 9.72 Å². The number of oxazole rings is 1. The van der Waals surface area contributed by atoms with Crippen molar-refractivity contribution in [3.63, 3.8) is 0 Å². The highest BCUT2D eigenvalue weighted by molar-refractivity contribution is 5.77. The van der Waals surface area contributed by atoms with Crippen LogP contribution in [-0.2, 0) is 11.4 Å². The fourth-order valence-corrected chi connectivity index (χ4v) is 3.56. The average molecular weight is 529 g/mol. The van der Waals surface area contributed by atoms with E-state index in [4.69, 9.17) is 23.7 Å². The van der Waals surface area contributed by atoms with E-state index in [9.17, 15) is 18.0 Å². The Labute approximate surface area is 215 Å². The van der Waals surface area contributed by atoms with Gasteiger partial charge in [0, 0.05) is 11.1 Å². The molecule has 11 heteroatoms. The Kier molecular flexibility index (Phi) is 7.75. The minimum absolute atomic E-state index is 0.0866. The average Bonchev–Trinajstić information content (AvgIpc) is 3.30. The molecule has 4 aromatic rings. The number of hydrogen-bond acceptors (Lipinski definition) is 7. The molecule has 0 aliphatic carbocycles. The molecule has 0 aliphatic heterocycles. The number of rotatable bonds is 10. The SMILES string of the molecule is COc1ccc(-c2nc(COc3ccc(OCC(=O)O)c(C)c3)oc2-c2cccc(OC(F)(F)F)c2)cc1. The third-order valence-electron chi connectivity index (χ3n) is 5.22. The summed E-state index contributed by atoms with van der Waals surface area (Å²) < 4.78 is 64.5. The first-order chi connectivity index (χ1) is 18.1. The van der Waals surface area contributed by atoms with Crippen molar-refractivity contribution in [3.05, 3.63) is 78.2 Å². The van der Waals surface area contributed by atoms with Crippen LogP contribution in [0.2, 0.25) is 0 Å². The van der Waals surface area contributed by atoms with Gasteiger partial charge in [-0.05, 0) is 67.1 Å². The lowest BCUT2D eigenvalue weighted by Crippen LogP contribution is -2.17. The summed E-state index contributed by atoms with van der Waals surface area (Å²) in [5, 5.41) is 8.78. The summed E-state index contributed by atoms with van der Waals surface area (Å²) >= 11 is 0. The molecule has 0 bridgehead atoms. The number of hydrogen-bond donors (Lipinski definition) is 1. The van der Waals surface area contributed by atoms with Crippen molar-refractivity contribution in [2.75, 3.05) is 13.7 Å². The number of benzene rings is 3. The van der Waals surface area contributed by atoms with Gasteiger partial charge in [0.25, 0.3) is 0 Å². The first-order valence-electron chi connectivity index (χ1n) is 11.2. The smallest absolute Gasteiger partial charge is 0.497 e. The van der Waals surface area contributed by atoms with E-state index in [1.54, 1.807) is 55.5 Å². The summed E-state index contributed by atoms with van der Waals surface area (Å²) in [7, 11) is 1.53. The van der Waals surface area contributed by atoms with Gasteiger partial charge in [0.2, 0.25) is 5.89 Å². The largest absolute Gasteiger partial charge is 0.573 e. The first-order valence-corrected chi connectivity index (χ1v) is 11.2. The number of alkyl halides is 3. The summed E-state index contributed by atoms with van der Waals surface area (Å²) in [5.41, 5.74) is 2.03. The number of halogens is 3. The third kappa shape index (κ3) is 6.75. The molecule has 4 rings (SSSR count). The lowest BCUT2D eigenvalue weighted by atomic mass is 10.1. The Bertz CT molecular complexity index is 1420. The van der Waals surface area contributed by atoms with Gasteiger partial charge in [-0.25, -0.2) is 9.78 Å². The van der Waals surface area contributed by atoms with Gasteiger partial charge >= 0.3 is 12.3 Å². The minimum Gasteiger partial charge on any atom is -0.497 e. The molecule has 8 nitrogen and oxygen atoms in total. The monoisotopic (exact) mass is 529 g/mol. The van der Waals surface area contributed by atoms with E-state index >= 15 is 0 Å². The van der Waals surface area contributed by atoms with Gasteiger partial charge in [-0.1, -0.05) is 12.1 Å². The number of aliphatic carboxylic acids is 1. The molecule has 0 spiro atoms. The van der Waals surface area contributed by atoms with Crippen molar-refractivity contribution < 1.29 is 46.4 Å². The highest BCUT2D eigenvalue weighted by atomic mass is 19.4. The van der Waals surface area contributed by atoms with Gasteiger partial charge in [0.15, 0.2) is 19.0 Å². The van der Waals surface area contributed by atoms with Gasteiger partial charge in [-0.2, -0.15) is 0 Å². The second-order valence-electron chi connectivity index (χ2n) is 7.99. The standard InChI is InChI=1S/C27H22F3NO7/c1-16-12-20(10-11-22(16)36-15-24(32)33)35-14-23-31-25(17-6-8-19(34-2)9-7-17)26(37-23)18-4-3-5-21(13-18)38-27(28,29)30/h3-13H,14-15H2,1-2H3,(H,32,33). The van der Waals surface area contributed by atoms with Gasteiger partial charge in [-0.3, -0.25) is 0 Å². The second kappa shape index (κ2) is 11.2. The van der Waals surface area contributed by atoms with E-state index in [1.807, 2.05) is 0 Å². The molecule has 0 saturated carbocycles. The summed E-state index contributed by atoms with van der Waals surface area (Å²) in [5.74, 6) is 0.399. The van der Waals surface area contributed by atoms with E-state index in [0.717, 1.165) is 0 Å². The normalized spacial score (nSPS) is 11.2. The zero-order valence-electron chi connectivity index (χ0n) is 20.2. The van der Waals surface area contributed by atoms with Gasteiger partial charge < -0.3 is 28.5 Å². The third-order valence-corrected chi connectivity index (χ3v) is 5.22. The molecule has 1 heterocycles. The molecule has 0 amide bonds. The number of carboxylic acids is 1. The topological polar surface area (TPSA) is 100 Å². The molecular formula is C27H22F3NO7. The van der Waals surface area contributed by atoms with Crippen molar-refractivity contribution >= 4 is 5.97 Å². The molecule has 0 fully saturated rings. The number of ether oxygens (including phenoxy) is 4. The van der Waals surface area contributed by atoms with Gasteiger partial charge in [0.05, 0.1) is 7.11 Å². The zero-order valence-corrected chi connectivity index (χ0v) is 20.2. The maximum Gasteiger partial charge on any atom is 0.573 e. The van der Waals surface area contributed by atoms with Gasteiger partial charge in [0.1, 0.15) is 28.7 Å². The predicted molar refractivity (Wildman–Crippen MR) is 129 cm³/mol. The minimum atomic E-state index is -4.84. The van der Waals surface area contributed by atoms with Gasteiger partial charge in [-0.15, -0.1) is 13.2 Å². The predicted octanol–water partition coefficient (Wildman–Crippen LogP) is 6.27. The number of aryl methyl sites for hydroxylation is 1. The van der Waals surface area contributed by atoms with Crippen LogP contribution in [0.15, 0.2) is 71.1 Å². The van der Waals surface area contributed by atoms with E-state index < -0.39 is 24.7 Å². The van der Waals surface area contributed by atoms with E-state index in [1.165, 1.54) is 25.3 Å². The Hall–Kier alpha value is -4.67. The van der Waals surface area contributed by atoms with Crippen molar-refractivity contribution in [1.82, 2.24) is 4.98 Å². The lowest BCUT2D eigenvalue weighted by Gasteiger charge is -2.10. The fraction of sp³-hybridized carbons (Fsp3) is 0.185. The summed E-state index contributed by atoms with van der Waals surface area (Å²) in [6.07, 6.45) is -4.84. The molecule has 1 aromatic heterocycles. The molecule has 1 N–H and O–H groups in total. The number of methoxy groups -OCH3 is 1. The molecule has 0 saturated heterocycles. The first kappa shape index (κ1) is 26.4. The summed E-state index contributed by atoms with van der Waals surface area (Å²) in [6.45, 7) is 1.19. The van der Waals surface area contributed by atoms with Crippen molar-refractivity contribution in [2.24, 2.45) is 0 Å². The number of aromatic nitrogens is 1. The van der Waals surface area contributed by atoms with E-state index in [-0.39, 0.29) is 18.3 Å². The van der Waals surface area contributed by atoms with Crippen LogP contribution in [0.3, 0.4) is 0 Å². The molecule has 3 aromatic carbocycles. The van der Waals surface area contributed by atoms with Crippen LogP contribution in [0.25, 0.3) is 22.6 Å². The highest BCUT2D eigenvalue weighted by Crippen LogP contribution is 2.36. The lowest BCUT2D eigenvalue weighted by molar-refractivity contribution is -0.274. The van der Waals surface area contributed by atoms with Crippen molar-refractivity contribution in [3.8, 4) is 45.6 Å². The summed E-state index contributed by atoms with van der Waals surface area (Å²) in [6, 6.07) is 17.2. The molecule has 38 heavy (non-hydrogen) atoms. The number of carbonyl (C=O) groups is 1. The molecule has 198 valence electrons.